The molecule has 1 amide bonds. The first-order valence-corrected chi connectivity index (χ1v) is 6.33. The van der Waals surface area contributed by atoms with Gasteiger partial charge in [-0.05, 0) is 18.2 Å². The number of nitrogen functional groups attached to an aromatic ring is 1. The molecule has 104 valence electrons. The van der Waals surface area contributed by atoms with Crippen LogP contribution in [-0.2, 0) is 4.74 Å². The fourth-order valence-corrected chi connectivity index (χ4v) is 1.98. The molecule has 2 rings (SSSR count). The maximum absolute atomic E-state index is 11.9. The molecule has 0 saturated carbocycles. The average molecular weight is 265 g/mol. The summed E-state index contributed by atoms with van der Waals surface area (Å²) in [6, 6.07) is 4.45. The number of carbonyl (C=O) groups is 1. The second kappa shape index (κ2) is 6.40. The predicted octanol–water partition coefficient (Wildman–Crippen LogP) is 0.0364. The number of amides is 1. The minimum absolute atomic E-state index is 0.0573. The number of benzene rings is 1. The van der Waals surface area contributed by atoms with Gasteiger partial charge >= 0.3 is 0 Å². The van der Waals surface area contributed by atoms with Gasteiger partial charge in [-0.2, -0.15) is 0 Å². The molecule has 1 fully saturated rings. The molecule has 1 saturated heterocycles. The number of hydrogen-bond acceptors (Lipinski definition) is 5. The molecular weight excluding hydrogens is 246 g/mol. The van der Waals surface area contributed by atoms with Gasteiger partial charge in [0.15, 0.2) is 0 Å². The van der Waals surface area contributed by atoms with Gasteiger partial charge in [-0.3, -0.25) is 9.69 Å². The van der Waals surface area contributed by atoms with Gasteiger partial charge in [0.1, 0.15) is 5.75 Å². The lowest BCUT2D eigenvalue weighted by atomic mass is 10.1. The van der Waals surface area contributed by atoms with E-state index < -0.39 is 0 Å². The van der Waals surface area contributed by atoms with Crippen LogP contribution < -0.4 is 11.1 Å². The molecule has 1 aliphatic rings. The van der Waals surface area contributed by atoms with Crippen molar-refractivity contribution in [3.63, 3.8) is 0 Å². The highest BCUT2D eigenvalue weighted by atomic mass is 16.5. The first kappa shape index (κ1) is 13.6. The maximum atomic E-state index is 11.9. The summed E-state index contributed by atoms with van der Waals surface area (Å²) in [5.41, 5.74) is 6.26. The highest BCUT2D eigenvalue weighted by molar-refractivity contribution is 5.97. The number of aromatic hydroxyl groups is 1. The van der Waals surface area contributed by atoms with E-state index >= 15 is 0 Å². The highest BCUT2D eigenvalue weighted by Gasteiger charge is 2.13. The number of nitrogens with two attached hydrogens (primary N) is 1. The van der Waals surface area contributed by atoms with E-state index in [2.05, 4.69) is 10.2 Å². The molecule has 1 aromatic rings. The third-order valence-electron chi connectivity index (χ3n) is 3.08. The SMILES string of the molecule is Nc1ccc(O)c(C(=O)NCCN2CCOCC2)c1. The lowest BCUT2D eigenvalue weighted by Crippen LogP contribution is -2.41. The number of phenolic OH excluding ortho intramolecular Hbond substituents is 1. The lowest BCUT2D eigenvalue weighted by Gasteiger charge is -2.26. The summed E-state index contributed by atoms with van der Waals surface area (Å²) in [5, 5.41) is 12.4. The van der Waals surface area contributed by atoms with Crippen LogP contribution in [0.25, 0.3) is 0 Å². The smallest absolute Gasteiger partial charge is 0.255 e. The summed E-state index contributed by atoms with van der Waals surface area (Å²) < 4.78 is 5.25. The van der Waals surface area contributed by atoms with Gasteiger partial charge in [-0.1, -0.05) is 0 Å². The molecule has 19 heavy (non-hydrogen) atoms. The van der Waals surface area contributed by atoms with Crippen molar-refractivity contribution in [1.29, 1.82) is 0 Å². The van der Waals surface area contributed by atoms with Gasteiger partial charge in [0, 0.05) is 31.9 Å². The molecule has 1 heterocycles. The summed E-state index contributed by atoms with van der Waals surface area (Å²) in [6.45, 7) is 4.57. The van der Waals surface area contributed by atoms with Gasteiger partial charge in [-0.25, -0.2) is 0 Å². The molecule has 1 aromatic carbocycles. The van der Waals surface area contributed by atoms with Gasteiger partial charge in [-0.15, -0.1) is 0 Å². The Bertz CT molecular complexity index is 445. The minimum Gasteiger partial charge on any atom is -0.507 e. The van der Waals surface area contributed by atoms with E-state index in [4.69, 9.17) is 10.5 Å². The van der Waals surface area contributed by atoms with Crippen molar-refractivity contribution in [2.45, 2.75) is 0 Å². The van der Waals surface area contributed by atoms with Gasteiger partial charge in [0.05, 0.1) is 18.8 Å². The quantitative estimate of drug-likeness (QED) is 0.528. The second-order valence-electron chi connectivity index (χ2n) is 4.49. The number of ether oxygens (including phenoxy) is 1. The summed E-state index contributed by atoms with van der Waals surface area (Å²) >= 11 is 0. The Hall–Kier alpha value is -1.79. The monoisotopic (exact) mass is 265 g/mol. The molecule has 4 N–H and O–H groups in total. The third-order valence-corrected chi connectivity index (χ3v) is 3.08. The maximum Gasteiger partial charge on any atom is 0.255 e. The normalized spacial score (nSPS) is 16.2. The molecular formula is C13H19N3O3. The van der Waals surface area contributed by atoms with Crippen molar-refractivity contribution in [1.82, 2.24) is 10.2 Å². The van der Waals surface area contributed by atoms with Crippen LogP contribution in [0, 0.1) is 0 Å². The Labute approximate surface area is 112 Å². The molecule has 6 heteroatoms. The summed E-state index contributed by atoms with van der Waals surface area (Å²) in [4.78, 5) is 14.1. The fraction of sp³-hybridized carbons (Fsp3) is 0.462. The van der Waals surface area contributed by atoms with Crippen LogP contribution in [0.3, 0.4) is 0 Å². The Balaban J connectivity index is 1.82. The molecule has 1 aliphatic heterocycles. The van der Waals surface area contributed by atoms with E-state index in [0.717, 1.165) is 32.8 Å². The Morgan fingerprint density at radius 1 is 1.42 bits per heavy atom. The number of nitrogens with zero attached hydrogens (tertiary/aromatic N) is 1. The van der Waals surface area contributed by atoms with Crippen LogP contribution >= 0.6 is 0 Å². The topological polar surface area (TPSA) is 87.8 Å². The molecule has 0 radical (unpaired) electrons. The number of phenols is 1. The number of carbonyl (C=O) groups excluding carboxylic acids is 1. The lowest BCUT2D eigenvalue weighted by molar-refractivity contribution is 0.0383. The van der Waals surface area contributed by atoms with Crippen molar-refractivity contribution < 1.29 is 14.6 Å². The number of morpholine rings is 1. The van der Waals surface area contributed by atoms with Gasteiger partial charge < -0.3 is 20.9 Å². The van der Waals surface area contributed by atoms with Gasteiger partial charge in [0.25, 0.3) is 5.91 Å². The van der Waals surface area contributed by atoms with Crippen LogP contribution in [0.5, 0.6) is 5.75 Å². The summed E-state index contributed by atoms with van der Waals surface area (Å²) in [5.74, 6) is -0.365. The number of hydrogen-bond donors (Lipinski definition) is 3. The Morgan fingerprint density at radius 3 is 2.89 bits per heavy atom. The average Bonchev–Trinajstić information content (AvgIpc) is 2.42. The van der Waals surface area contributed by atoms with E-state index in [1.807, 2.05) is 0 Å². The van der Waals surface area contributed by atoms with Crippen LogP contribution in [0.1, 0.15) is 10.4 Å². The summed E-state index contributed by atoms with van der Waals surface area (Å²) in [6.07, 6.45) is 0. The van der Waals surface area contributed by atoms with E-state index in [1.165, 1.54) is 12.1 Å². The molecule has 0 unspecified atom stereocenters. The van der Waals surface area contributed by atoms with Crippen LogP contribution in [0.2, 0.25) is 0 Å². The van der Waals surface area contributed by atoms with Crippen molar-refractivity contribution in [3.05, 3.63) is 23.8 Å². The van der Waals surface area contributed by atoms with Crippen molar-refractivity contribution in [3.8, 4) is 5.75 Å². The van der Waals surface area contributed by atoms with E-state index in [-0.39, 0.29) is 17.2 Å². The standard InChI is InChI=1S/C13H19N3O3/c14-10-1-2-12(17)11(9-10)13(18)15-3-4-16-5-7-19-8-6-16/h1-2,9,17H,3-8,14H2,(H,15,18). The first-order chi connectivity index (χ1) is 9.16. The van der Waals surface area contributed by atoms with E-state index in [9.17, 15) is 9.90 Å². The van der Waals surface area contributed by atoms with Crippen molar-refractivity contribution in [2.75, 3.05) is 45.1 Å². The Morgan fingerprint density at radius 2 is 2.16 bits per heavy atom. The molecule has 0 bridgehead atoms. The molecule has 0 aromatic heterocycles. The Kier molecular flexibility index (Phi) is 4.59. The predicted molar refractivity (Wildman–Crippen MR) is 72.1 cm³/mol. The fourth-order valence-electron chi connectivity index (χ4n) is 1.98. The highest BCUT2D eigenvalue weighted by Crippen LogP contribution is 2.19. The molecule has 0 atom stereocenters. The van der Waals surface area contributed by atoms with E-state index in [0.29, 0.717) is 12.2 Å². The number of rotatable bonds is 4. The molecule has 0 aliphatic carbocycles. The van der Waals surface area contributed by atoms with Crippen LogP contribution in [-0.4, -0.2) is 55.3 Å². The largest absolute Gasteiger partial charge is 0.507 e. The van der Waals surface area contributed by atoms with Crippen LogP contribution in [0.4, 0.5) is 5.69 Å². The van der Waals surface area contributed by atoms with Gasteiger partial charge in [0.2, 0.25) is 0 Å². The zero-order valence-corrected chi connectivity index (χ0v) is 10.8. The third kappa shape index (κ3) is 3.84. The van der Waals surface area contributed by atoms with Crippen molar-refractivity contribution >= 4 is 11.6 Å². The molecule has 0 spiro atoms. The second-order valence-corrected chi connectivity index (χ2v) is 4.49. The zero-order valence-electron chi connectivity index (χ0n) is 10.8. The molecule has 6 nitrogen and oxygen atoms in total. The number of nitrogens with one attached hydrogen (secondary N) is 1. The summed E-state index contributed by atoms with van der Waals surface area (Å²) in [7, 11) is 0. The minimum atomic E-state index is -0.307. The van der Waals surface area contributed by atoms with Crippen LogP contribution in [0.15, 0.2) is 18.2 Å². The zero-order chi connectivity index (χ0) is 13.7. The first-order valence-electron chi connectivity index (χ1n) is 6.33. The number of anilines is 1. The van der Waals surface area contributed by atoms with Crippen molar-refractivity contribution in [2.24, 2.45) is 0 Å². The van der Waals surface area contributed by atoms with E-state index in [1.54, 1.807) is 6.07 Å².